The summed E-state index contributed by atoms with van der Waals surface area (Å²) in [5.74, 6) is 1.00. The number of aryl methyl sites for hydroxylation is 1. The molecule has 6 nitrogen and oxygen atoms in total. The van der Waals surface area contributed by atoms with Gasteiger partial charge in [-0.15, -0.1) is 0 Å². The van der Waals surface area contributed by atoms with E-state index in [2.05, 4.69) is 28.4 Å². The highest BCUT2D eigenvalue weighted by Gasteiger charge is 2.22. The van der Waals surface area contributed by atoms with E-state index in [-0.39, 0.29) is 11.8 Å². The Kier molecular flexibility index (Phi) is 9.66. The SMILES string of the molecule is CC(=O)NCCCC(=O)N1CCCCN2CCCCC2CCc2cccc(c2)OCC1. The van der Waals surface area contributed by atoms with Gasteiger partial charge < -0.3 is 19.9 Å². The van der Waals surface area contributed by atoms with Crippen LogP contribution in [0.1, 0.15) is 63.9 Å². The van der Waals surface area contributed by atoms with E-state index in [9.17, 15) is 9.59 Å². The molecule has 1 aromatic carbocycles. The zero-order valence-corrected chi connectivity index (χ0v) is 19.1. The lowest BCUT2D eigenvalue weighted by Gasteiger charge is -2.36. The average Bonchev–Trinajstić information content (AvgIpc) is 2.77. The molecule has 2 amide bonds. The molecule has 2 heterocycles. The van der Waals surface area contributed by atoms with Crippen molar-refractivity contribution in [2.45, 2.75) is 70.8 Å². The number of piperidine rings is 1. The van der Waals surface area contributed by atoms with E-state index < -0.39 is 0 Å². The molecule has 1 saturated heterocycles. The molecule has 1 unspecified atom stereocenters. The van der Waals surface area contributed by atoms with Crippen LogP contribution in [0.15, 0.2) is 24.3 Å². The smallest absolute Gasteiger partial charge is 0.222 e. The van der Waals surface area contributed by atoms with Crippen LogP contribution in [0.5, 0.6) is 5.75 Å². The maximum atomic E-state index is 12.8. The molecule has 2 aliphatic rings. The van der Waals surface area contributed by atoms with Gasteiger partial charge in [0.1, 0.15) is 12.4 Å². The summed E-state index contributed by atoms with van der Waals surface area (Å²) in [6.07, 6.45) is 9.53. The molecule has 1 N–H and O–H groups in total. The van der Waals surface area contributed by atoms with Crippen molar-refractivity contribution in [3.8, 4) is 5.75 Å². The fourth-order valence-electron chi connectivity index (χ4n) is 4.72. The summed E-state index contributed by atoms with van der Waals surface area (Å²) in [6, 6.07) is 9.12. The molecule has 0 spiro atoms. The number of hydrogen-bond donors (Lipinski definition) is 1. The highest BCUT2D eigenvalue weighted by molar-refractivity contribution is 5.76. The van der Waals surface area contributed by atoms with Crippen molar-refractivity contribution in [1.29, 1.82) is 0 Å². The third-order valence-corrected chi connectivity index (χ3v) is 6.46. The first-order chi connectivity index (χ1) is 15.1. The first-order valence-electron chi connectivity index (χ1n) is 12.1. The van der Waals surface area contributed by atoms with Gasteiger partial charge in [-0.2, -0.15) is 0 Å². The van der Waals surface area contributed by atoms with E-state index >= 15 is 0 Å². The number of nitrogens with zero attached hydrogens (tertiary/aromatic N) is 2. The molecule has 31 heavy (non-hydrogen) atoms. The van der Waals surface area contributed by atoms with Crippen molar-refractivity contribution in [3.05, 3.63) is 29.8 Å². The molecule has 0 radical (unpaired) electrons. The fraction of sp³-hybridized carbons (Fsp3) is 0.680. The number of ether oxygens (including phenoxy) is 1. The normalized spacial score (nSPS) is 21.2. The Morgan fingerprint density at radius 2 is 1.87 bits per heavy atom. The number of nitrogens with one attached hydrogen (secondary N) is 1. The predicted octanol–water partition coefficient (Wildman–Crippen LogP) is 3.39. The van der Waals surface area contributed by atoms with Crippen LogP contribution in [0.2, 0.25) is 0 Å². The molecule has 2 aliphatic heterocycles. The molecule has 0 saturated carbocycles. The highest BCUT2D eigenvalue weighted by Crippen LogP contribution is 2.23. The number of carbonyl (C=O) groups is 2. The molecular formula is C25H39N3O3. The maximum absolute atomic E-state index is 12.8. The molecule has 1 aromatic rings. The van der Waals surface area contributed by atoms with E-state index in [1.807, 2.05) is 11.0 Å². The first kappa shape index (κ1) is 23.6. The number of fused-ring (bicyclic) bond motifs is 3. The summed E-state index contributed by atoms with van der Waals surface area (Å²) in [6.45, 7) is 6.29. The number of hydrogen-bond acceptors (Lipinski definition) is 4. The van der Waals surface area contributed by atoms with Crippen LogP contribution in [0.3, 0.4) is 0 Å². The van der Waals surface area contributed by atoms with Gasteiger partial charge in [-0.05, 0) is 75.7 Å². The summed E-state index contributed by atoms with van der Waals surface area (Å²) in [4.78, 5) is 28.5. The van der Waals surface area contributed by atoms with Gasteiger partial charge in [0.2, 0.25) is 11.8 Å². The van der Waals surface area contributed by atoms with Crippen molar-refractivity contribution < 1.29 is 14.3 Å². The van der Waals surface area contributed by atoms with Crippen LogP contribution in [0.4, 0.5) is 0 Å². The van der Waals surface area contributed by atoms with E-state index in [1.165, 1.54) is 44.7 Å². The number of rotatable bonds is 4. The van der Waals surface area contributed by atoms with Crippen molar-refractivity contribution >= 4 is 11.8 Å². The van der Waals surface area contributed by atoms with Crippen LogP contribution < -0.4 is 10.1 Å². The largest absolute Gasteiger partial charge is 0.492 e. The lowest BCUT2D eigenvalue weighted by Crippen LogP contribution is -2.41. The predicted molar refractivity (Wildman–Crippen MR) is 123 cm³/mol. The minimum absolute atomic E-state index is 0.0479. The minimum Gasteiger partial charge on any atom is -0.492 e. The average molecular weight is 430 g/mol. The van der Waals surface area contributed by atoms with Crippen molar-refractivity contribution in [3.63, 3.8) is 0 Å². The quantitative estimate of drug-likeness (QED) is 0.746. The second kappa shape index (κ2) is 12.7. The Balaban J connectivity index is 1.60. The van der Waals surface area contributed by atoms with Crippen LogP contribution in [0, 0.1) is 0 Å². The van der Waals surface area contributed by atoms with Crippen LogP contribution in [-0.2, 0) is 16.0 Å². The molecule has 172 valence electrons. The molecule has 2 bridgehead atoms. The van der Waals surface area contributed by atoms with Crippen molar-refractivity contribution in [2.75, 3.05) is 39.3 Å². The summed E-state index contributed by atoms with van der Waals surface area (Å²) < 4.78 is 6.01. The third kappa shape index (κ3) is 8.17. The Morgan fingerprint density at radius 1 is 1.06 bits per heavy atom. The van der Waals surface area contributed by atoms with Crippen LogP contribution >= 0.6 is 0 Å². The second-order valence-electron chi connectivity index (χ2n) is 8.89. The Bertz CT molecular complexity index is 709. The lowest BCUT2D eigenvalue weighted by atomic mass is 9.95. The molecule has 0 aromatic heterocycles. The van der Waals surface area contributed by atoms with Gasteiger partial charge in [-0.3, -0.25) is 9.59 Å². The molecular weight excluding hydrogens is 390 g/mol. The van der Waals surface area contributed by atoms with Gasteiger partial charge in [0.05, 0.1) is 6.54 Å². The molecule has 1 atom stereocenters. The minimum atomic E-state index is -0.0479. The summed E-state index contributed by atoms with van der Waals surface area (Å²) in [5.41, 5.74) is 1.34. The highest BCUT2D eigenvalue weighted by atomic mass is 16.5. The topological polar surface area (TPSA) is 61.9 Å². The van der Waals surface area contributed by atoms with Crippen molar-refractivity contribution in [2.24, 2.45) is 0 Å². The van der Waals surface area contributed by atoms with Gasteiger partial charge in [0, 0.05) is 32.5 Å². The first-order valence-corrected chi connectivity index (χ1v) is 12.1. The number of amides is 2. The molecule has 3 rings (SSSR count). The molecule has 1 fully saturated rings. The zero-order chi connectivity index (χ0) is 21.9. The summed E-state index contributed by atoms with van der Waals surface area (Å²) in [5, 5.41) is 2.77. The van der Waals surface area contributed by atoms with E-state index in [0.717, 1.165) is 38.1 Å². The van der Waals surface area contributed by atoms with E-state index in [0.29, 0.717) is 38.6 Å². The van der Waals surface area contributed by atoms with Crippen molar-refractivity contribution in [1.82, 2.24) is 15.1 Å². The number of benzene rings is 1. The fourth-order valence-corrected chi connectivity index (χ4v) is 4.72. The number of carbonyl (C=O) groups excluding carboxylic acids is 2. The zero-order valence-electron chi connectivity index (χ0n) is 19.1. The maximum Gasteiger partial charge on any atom is 0.222 e. The summed E-state index contributed by atoms with van der Waals surface area (Å²) >= 11 is 0. The van der Waals surface area contributed by atoms with Crippen LogP contribution in [0.25, 0.3) is 0 Å². The summed E-state index contributed by atoms with van der Waals surface area (Å²) in [7, 11) is 0. The third-order valence-electron chi connectivity index (χ3n) is 6.46. The molecule has 6 heteroatoms. The van der Waals surface area contributed by atoms with Gasteiger partial charge in [-0.25, -0.2) is 0 Å². The van der Waals surface area contributed by atoms with Gasteiger partial charge in [0.15, 0.2) is 0 Å². The Labute approximate surface area is 187 Å². The second-order valence-corrected chi connectivity index (χ2v) is 8.89. The van der Waals surface area contributed by atoms with Gasteiger partial charge in [0.25, 0.3) is 0 Å². The van der Waals surface area contributed by atoms with Gasteiger partial charge >= 0.3 is 0 Å². The monoisotopic (exact) mass is 429 g/mol. The van der Waals surface area contributed by atoms with Gasteiger partial charge in [-0.1, -0.05) is 18.6 Å². The Hall–Kier alpha value is -2.08. The van der Waals surface area contributed by atoms with E-state index in [4.69, 9.17) is 4.74 Å². The van der Waals surface area contributed by atoms with E-state index in [1.54, 1.807) is 0 Å². The van der Waals surface area contributed by atoms with Crippen LogP contribution in [-0.4, -0.2) is 67.0 Å². The molecule has 0 aliphatic carbocycles. The standard InChI is InChI=1S/C25H39N3O3/c1-21(29)26-14-7-11-25(30)28-17-5-4-16-27-15-3-2-9-23(27)13-12-22-8-6-10-24(20-22)31-19-18-28/h6,8,10,20,23H,2-5,7,9,11-19H2,1H3,(H,26,29). The lowest BCUT2D eigenvalue weighted by molar-refractivity contribution is -0.132. The Morgan fingerprint density at radius 3 is 2.71 bits per heavy atom.